The molecule has 2 heterocycles. The average molecular weight is 478 g/mol. The zero-order valence-corrected chi connectivity index (χ0v) is 21.1. The van der Waals surface area contributed by atoms with E-state index in [1.807, 2.05) is 67.9 Å². The fourth-order valence-electron chi connectivity index (χ4n) is 3.96. The van der Waals surface area contributed by atoms with E-state index in [-0.39, 0.29) is 5.91 Å². The monoisotopic (exact) mass is 477 g/mol. The van der Waals surface area contributed by atoms with Crippen LogP contribution in [0, 0.1) is 13.8 Å². The summed E-state index contributed by atoms with van der Waals surface area (Å²) in [5.74, 6) is 2.19. The van der Waals surface area contributed by atoms with Crippen LogP contribution in [0.15, 0.2) is 58.9 Å². The van der Waals surface area contributed by atoms with Crippen molar-refractivity contribution >= 4 is 29.3 Å². The van der Waals surface area contributed by atoms with Gasteiger partial charge >= 0.3 is 0 Å². The summed E-state index contributed by atoms with van der Waals surface area (Å²) in [6.45, 7) is 8.14. The maximum atomic E-state index is 13.7. The Morgan fingerprint density at radius 1 is 1.18 bits per heavy atom. The lowest BCUT2D eigenvalue weighted by molar-refractivity contribution is -0.113. The van der Waals surface area contributed by atoms with Crippen molar-refractivity contribution in [1.29, 1.82) is 0 Å². The number of nitrogens with zero attached hydrogens (tertiary/aromatic N) is 3. The van der Waals surface area contributed by atoms with Gasteiger partial charge in [-0.05, 0) is 62.1 Å². The number of thioether (sulfide) groups is 1. The number of hydrogen-bond acceptors (Lipinski definition) is 6. The van der Waals surface area contributed by atoms with Gasteiger partial charge in [-0.15, -0.1) is 5.10 Å². The quantitative estimate of drug-likeness (QED) is 0.319. The highest BCUT2D eigenvalue weighted by Gasteiger charge is 2.34. The van der Waals surface area contributed by atoms with E-state index < -0.39 is 6.04 Å². The Morgan fingerprint density at radius 3 is 2.65 bits per heavy atom. The first-order valence-corrected chi connectivity index (χ1v) is 12.5. The largest absolute Gasteiger partial charge is 0.497 e. The molecule has 7 nitrogen and oxygen atoms in total. The number of ether oxygens (including phenoxy) is 1. The third kappa shape index (κ3) is 4.82. The summed E-state index contributed by atoms with van der Waals surface area (Å²) in [7, 11) is 1.64. The standard InChI is InChI=1S/C26H31N5O2S/c1-6-7-15-34-26-29-25-27-18(4)22(24(32)28-21-10-8-9-16(2)17(21)3)23(31(25)30-26)19-11-13-20(33-5)14-12-19/h8-14,23H,6-7,15H2,1-5H3,(H,28,32)(H,27,29,30). The van der Waals surface area contributed by atoms with Crippen LogP contribution in [0.2, 0.25) is 0 Å². The summed E-state index contributed by atoms with van der Waals surface area (Å²) in [5, 5.41) is 11.9. The highest BCUT2D eigenvalue weighted by atomic mass is 32.2. The van der Waals surface area contributed by atoms with Crippen molar-refractivity contribution in [3.63, 3.8) is 0 Å². The minimum Gasteiger partial charge on any atom is -0.497 e. The third-order valence-corrected chi connectivity index (χ3v) is 7.02. The molecule has 0 aliphatic carbocycles. The molecule has 0 spiro atoms. The van der Waals surface area contributed by atoms with Gasteiger partial charge in [-0.2, -0.15) is 4.98 Å². The highest BCUT2D eigenvalue weighted by molar-refractivity contribution is 7.99. The number of fused-ring (bicyclic) bond motifs is 1. The SMILES string of the molecule is CCCCSc1nc2n(n1)C(c1ccc(OC)cc1)C(C(=O)Nc1cccc(C)c1C)=C(C)N2. The first-order valence-electron chi connectivity index (χ1n) is 11.5. The molecule has 2 aromatic carbocycles. The van der Waals surface area contributed by atoms with Crippen molar-refractivity contribution in [2.75, 3.05) is 23.5 Å². The normalized spacial score (nSPS) is 15.0. The predicted molar refractivity (Wildman–Crippen MR) is 138 cm³/mol. The molecule has 1 aromatic heterocycles. The summed E-state index contributed by atoms with van der Waals surface area (Å²) >= 11 is 1.64. The van der Waals surface area contributed by atoms with E-state index in [1.54, 1.807) is 18.9 Å². The molecule has 1 amide bonds. The fourth-order valence-corrected chi connectivity index (χ4v) is 4.88. The number of nitrogens with one attached hydrogen (secondary N) is 2. The number of carbonyl (C=O) groups is 1. The van der Waals surface area contributed by atoms with Crippen LogP contribution in [-0.2, 0) is 4.79 Å². The van der Waals surface area contributed by atoms with E-state index in [0.29, 0.717) is 16.7 Å². The predicted octanol–water partition coefficient (Wildman–Crippen LogP) is 5.72. The van der Waals surface area contributed by atoms with E-state index in [1.165, 1.54) is 0 Å². The van der Waals surface area contributed by atoms with E-state index in [0.717, 1.165) is 52.4 Å². The van der Waals surface area contributed by atoms with Crippen LogP contribution in [0.25, 0.3) is 0 Å². The summed E-state index contributed by atoms with van der Waals surface area (Å²) in [6, 6.07) is 13.3. The molecule has 0 fully saturated rings. The van der Waals surface area contributed by atoms with Crippen molar-refractivity contribution in [3.05, 3.63) is 70.4 Å². The number of aryl methyl sites for hydroxylation is 1. The summed E-state index contributed by atoms with van der Waals surface area (Å²) in [4.78, 5) is 18.4. The molecule has 1 aliphatic heterocycles. The Bertz CT molecular complexity index is 1220. The van der Waals surface area contributed by atoms with Crippen molar-refractivity contribution < 1.29 is 9.53 Å². The van der Waals surface area contributed by atoms with Crippen LogP contribution < -0.4 is 15.4 Å². The average Bonchev–Trinajstić information content (AvgIpc) is 3.23. The molecule has 0 saturated carbocycles. The Kier molecular flexibility index (Phi) is 7.26. The minimum atomic E-state index is -0.416. The molecule has 34 heavy (non-hydrogen) atoms. The molecule has 1 atom stereocenters. The lowest BCUT2D eigenvalue weighted by Gasteiger charge is -2.29. The van der Waals surface area contributed by atoms with Gasteiger partial charge in [0.15, 0.2) is 0 Å². The fraction of sp³-hybridized carbons (Fsp3) is 0.346. The van der Waals surface area contributed by atoms with Gasteiger partial charge in [-0.25, -0.2) is 4.68 Å². The second-order valence-electron chi connectivity index (χ2n) is 8.41. The van der Waals surface area contributed by atoms with Gasteiger partial charge in [-0.3, -0.25) is 4.79 Å². The summed E-state index contributed by atoms with van der Waals surface area (Å²) < 4.78 is 7.16. The lowest BCUT2D eigenvalue weighted by Crippen LogP contribution is -2.31. The molecular formula is C26H31N5O2S. The molecule has 0 bridgehead atoms. The minimum absolute atomic E-state index is 0.166. The van der Waals surface area contributed by atoms with Gasteiger partial charge in [0, 0.05) is 17.1 Å². The van der Waals surface area contributed by atoms with E-state index in [9.17, 15) is 4.79 Å². The molecule has 4 rings (SSSR count). The van der Waals surface area contributed by atoms with Crippen LogP contribution in [0.5, 0.6) is 5.75 Å². The highest BCUT2D eigenvalue weighted by Crippen LogP contribution is 2.37. The van der Waals surface area contributed by atoms with Gasteiger partial charge in [-0.1, -0.05) is 49.4 Å². The molecule has 3 aromatic rings. The van der Waals surface area contributed by atoms with Gasteiger partial charge in [0.05, 0.1) is 12.7 Å². The number of benzene rings is 2. The second-order valence-corrected chi connectivity index (χ2v) is 9.47. The number of amides is 1. The number of hydrogen-bond donors (Lipinski definition) is 2. The van der Waals surface area contributed by atoms with Crippen molar-refractivity contribution in [1.82, 2.24) is 14.8 Å². The maximum absolute atomic E-state index is 13.7. The summed E-state index contributed by atoms with van der Waals surface area (Å²) in [5.41, 5.74) is 5.28. The molecular weight excluding hydrogens is 446 g/mol. The van der Waals surface area contributed by atoms with Gasteiger partial charge in [0.2, 0.25) is 11.1 Å². The molecule has 0 radical (unpaired) electrons. The zero-order chi connectivity index (χ0) is 24.2. The molecule has 2 N–H and O–H groups in total. The molecule has 1 unspecified atom stereocenters. The molecule has 0 saturated heterocycles. The van der Waals surface area contributed by atoms with Crippen molar-refractivity contribution in [3.8, 4) is 5.75 Å². The van der Waals surface area contributed by atoms with E-state index >= 15 is 0 Å². The third-order valence-electron chi connectivity index (χ3n) is 6.09. The van der Waals surface area contributed by atoms with Crippen LogP contribution >= 0.6 is 11.8 Å². The molecule has 1 aliphatic rings. The number of carbonyl (C=O) groups excluding carboxylic acids is 1. The maximum Gasteiger partial charge on any atom is 0.255 e. The Labute approximate surface area is 205 Å². The van der Waals surface area contributed by atoms with Gasteiger partial charge in [0.25, 0.3) is 5.91 Å². The van der Waals surface area contributed by atoms with E-state index in [4.69, 9.17) is 14.8 Å². The number of aromatic nitrogens is 3. The van der Waals surface area contributed by atoms with Crippen LogP contribution in [0.1, 0.15) is 49.4 Å². The van der Waals surface area contributed by atoms with Crippen LogP contribution in [0.3, 0.4) is 0 Å². The topological polar surface area (TPSA) is 81.1 Å². The van der Waals surface area contributed by atoms with Crippen molar-refractivity contribution in [2.24, 2.45) is 0 Å². The molecule has 178 valence electrons. The zero-order valence-electron chi connectivity index (χ0n) is 20.3. The number of rotatable bonds is 8. The first kappa shape index (κ1) is 23.9. The summed E-state index contributed by atoms with van der Waals surface area (Å²) in [6.07, 6.45) is 2.22. The Balaban J connectivity index is 1.74. The van der Waals surface area contributed by atoms with Gasteiger partial charge < -0.3 is 15.4 Å². The van der Waals surface area contributed by atoms with Gasteiger partial charge in [0.1, 0.15) is 11.8 Å². The lowest BCUT2D eigenvalue weighted by atomic mass is 9.94. The van der Waals surface area contributed by atoms with Crippen LogP contribution in [0.4, 0.5) is 11.6 Å². The van der Waals surface area contributed by atoms with E-state index in [2.05, 4.69) is 17.6 Å². The number of methoxy groups -OCH3 is 1. The molecule has 8 heteroatoms. The number of allylic oxidation sites excluding steroid dienone is 1. The Hall–Kier alpha value is -3.26. The number of unbranched alkanes of at least 4 members (excludes halogenated alkanes) is 1. The van der Waals surface area contributed by atoms with Crippen LogP contribution in [-0.4, -0.2) is 33.5 Å². The smallest absolute Gasteiger partial charge is 0.255 e. The Morgan fingerprint density at radius 2 is 1.94 bits per heavy atom. The first-order chi connectivity index (χ1) is 16.4. The number of anilines is 2. The van der Waals surface area contributed by atoms with Crippen molar-refractivity contribution in [2.45, 2.75) is 51.7 Å². The second kappa shape index (κ2) is 10.3.